The van der Waals surface area contributed by atoms with Crippen LogP contribution in [-0.4, -0.2) is 50.4 Å². The normalized spacial score (nSPS) is 15.3. The molecule has 2 amide bonds. The molecular formula is C13H17N3O2. The Morgan fingerprint density at radius 2 is 2.17 bits per heavy atom. The van der Waals surface area contributed by atoms with Crippen molar-refractivity contribution >= 4 is 17.5 Å². The summed E-state index contributed by atoms with van der Waals surface area (Å²) in [5.74, 6) is 0.0272. The van der Waals surface area contributed by atoms with Gasteiger partial charge in [-0.1, -0.05) is 12.1 Å². The molecule has 0 aliphatic carbocycles. The number of hydrogen-bond acceptors (Lipinski definition) is 3. The molecule has 96 valence electrons. The Labute approximate surface area is 106 Å². The van der Waals surface area contributed by atoms with Gasteiger partial charge in [-0.25, -0.2) is 4.79 Å². The lowest BCUT2D eigenvalue weighted by Crippen LogP contribution is -2.29. The molecule has 1 aromatic rings. The number of rotatable bonds is 4. The summed E-state index contributed by atoms with van der Waals surface area (Å²) in [6.07, 6.45) is 0. The number of benzene rings is 1. The van der Waals surface area contributed by atoms with Crippen molar-refractivity contribution in [2.45, 2.75) is 0 Å². The first-order valence-corrected chi connectivity index (χ1v) is 5.94. The van der Waals surface area contributed by atoms with Crippen LogP contribution in [-0.2, 0) is 0 Å². The number of amides is 2. The van der Waals surface area contributed by atoms with Gasteiger partial charge in [-0.2, -0.15) is 0 Å². The van der Waals surface area contributed by atoms with E-state index in [1.807, 2.05) is 12.1 Å². The van der Waals surface area contributed by atoms with Crippen molar-refractivity contribution < 1.29 is 9.59 Å². The molecule has 1 aromatic carbocycles. The first-order chi connectivity index (χ1) is 8.63. The van der Waals surface area contributed by atoms with E-state index in [0.717, 1.165) is 5.69 Å². The fourth-order valence-electron chi connectivity index (χ4n) is 2.00. The molecule has 5 heteroatoms. The molecule has 0 saturated carbocycles. The zero-order chi connectivity index (χ0) is 13.1. The summed E-state index contributed by atoms with van der Waals surface area (Å²) >= 11 is 0. The molecule has 2 rings (SSSR count). The summed E-state index contributed by atoms with van der Waals surface area (Å²) < 4.78 is 0. The Morgan fingerprint density at radius 1 is 1.39 bits per heavy atom. The molecule has 0 radical (unpaired) electrons. The third-order valence-electron chi connectivity index (χ3n) is 3.03. The number of urea groups is 1. The maximum Gasteiger partial charge on any atom is 0.324 e. The minimum Gasteiger partial charge on any atom is -0.326 e. The summed E-state index contributed by atoms with van der Waals surface area (Å²) in [7, 11) is 3.51. The van der Waals surface area contributed by atoms with E-state index >= 15 is 0 Å². The van der Waals surface area contributed by atoms with E-state index in [4.69, 9.17) is 0 Å². The molecule has 1 fully saturated rings. The van der Waals surface area contributed by atoms with Crippen LogP contribution in [0.15, 0.2) is 24.3 Å². The summed E-state index contributed by atoms with van der Waals surface area (Å²) in [4.78, 5) is 27.0. The van der Waals surface area contributed by atoms with Crippen LogP contribution in [0.25, 0.3) is 0 Å². The summed E-state index contributed by atoms with van der Waals surface area (Å²) in [6.45, 7) is 1.68. The van der Waals surface area contributed by atoms with E-state index in [1.54, 1.807) is 36.0 Å². The standard InChI is InChI=1S/C13H17N3O2/c1-14-9-12(17)10-4-3-5-11(8-10)16-7-6-15(2)13(16)18/h3-5,8,14H,6-7,9H2,1-2H3. The van der Waals surface area contributed by atoms with Gasteiger partial charge in [-0.05, 0) is 19.2 Å². The van der Waals surface area contributed by atoms with E-state index in [9.17, 15) is 9.59 Å². The quantitative estimate of drug-likeness (QED) is 0.806. The van der Waals surface area contributed by atoms with Crippen LogP contribution in [0.1, 0.15) is 10.4 Å². The van der Waals surface area contributed by atoms with Crippen LogP contribution >= 0.6 is 0 Å². The number of Topliss-reactive ketones (excluding diaryl/α,β-unsaturated/α-hetero) is 1. The highest BCUT2D eigenvalue weighted by atomic mass is 16.2. The largest absolute Gasteiger partial charge is 0.326 e. The molecule has 0 bridgehead atoms. The zero-order valence-corrected chi connectivity index (χ0v) is 10.6. The number of anilines is 1. The maximum absolute atomic E-state index is 11.9. The maximum atomic E-state index is 11.9. The third kappa shape index (κ3) is 2.36. The van der Waals surface area contributed by atoms with Gasteiger partial charge in [-0.3, -0.25) is 9.69 Å². The number of carbonyl (C=O) groups is 2. The minimum atomic E-state index is -0.0202. The van der Waals surface area contributed by atoms with Gasteiger partial charge in [0.25, 0.3) is 0 Å². The van der Waals surface area contributed by atoms with E-state index in [1.165, 1.54) is 0 Å². The zero-order valence-electron chi connectivity index (χ0n) is 10.6. The van der Waals surface area contributed by atoms with E-state index in [0.29, 0.717) is 25.2 Å². The summed E-state index contributed by atoms with van der Waals surface area (Å²) in [5, 5.41) is 2.83. The van der Waals surface area contributed by atoms with Crippen molar-refractivity contribution in [3.05, 3.63) is 29.8 Å². The van der Waals surface area contributed by atoms with Crippen LogP contribution in [0.3, 0.4) is 0 Å². The van der Waals surface area contributed by atoms with Gasteiger partial charge >= 0.3 is 6.03 Å². The monoisotopic (exact) mass is 247 g/mol. The van der Waals surface area contributed by atoms with Crippen molar-refractivity contribution in [2.24, 2.45) is 0 Å². The molecule has 1 N–H and O–H groups in total. The summed E-state index contributed by atoms with van der Waals surface area (Å²) in [5.41, 5.74) is 1.41. The highest BCUT2D eigenvalue weighted by Crippen LogP contribution is 2.20. The fraction of sp³-hybridized carbons (Fsp3) is 0.385. The molecular weight excluding hydrogens is 230 g/mol. The molecule has 1 aliphatic rings. The predicted molar refractivity (Wildman–Crippen MR) is 70.1 cm³/mol. The van der Waals surface area contributed by atoms with Gasteiger partial charge in [0.05, 0.1) is 6.54 Å². The van der Waals surface area contributed by atoms with Gasteiger partial charge in [0, 0.05) is 31.4 Å². The van der Waals surface area contributed by atoms with Crippen molar-refractivity contribution in [2.75, 3.05) is 38.6 Å². The Hall–Kier alpha value is -1.88. The Kier molecular flexibility index (Phi) is 3.62. The molecule has 1 saturated heterocycles. The number of carbonyl (C=O) groups excluding carboxylic acids is 2. The number of nitrogens with zero attached hydrogens (tertiary/aromatic N) is 2. The van der Waals surface area contributed by atoms with Gasteiger partial charge in [0.1, 0.15) is 0 Å². The van der Waals surface area contributed by atoms with Crippen molar-refractivity contribution in [1.29, 1.82) is 0 Å². The number of likely N-dealkylation sites (N-methyl/N-ethyl adjacent to an activating group) is 2. The van der Waals surface area contributed by atoms with E-state index in [-0.39, 0.29) is 11.8 Å². The molecule has 0 aromatic heterocycles. The topological polar surface area (TPSA) is 52.7 Å². The third-order valence-corrected chi connectivity index (χ3v) is 3.03. The second kappa shape index (κ2) is 5.18. The Bertz CT molecular complexity index is 473. The van der Waals surface area contributed by atoms with Crippen molar-refractivity contribution in [1.82, 2.24) is 10.2 Å². The number of ketones is 1. The Balaban J connectivity index is 2.22. The van der Waals surface area contributed by atoms with Crippen LogP contribution < -0.4 is 10.2 Å². The van der Waals surface area contributed by atoms with Crippen molar-refractivity contribution in [3.63, 3.8) is 0 Å². The SMILES string of the molecule is CNCC(=O)c1cccc(N2CCN(C)C2=O)c1. The first-order valence-electron chi connectivity index (χ1n) is 5.94. The highest BCUT2D eigenvalue weighted by Gasteiger charge is 2.26. The second-order valence-electron chi connectivity index (χ2n) is 4.36. The average Bonchev–Trinajstić information content (AvgIpc) is 2.71. The van der Waals surface area contributed by atoms with Crippen molar-refractivity contribution in [3.8, 4) is 0 Å². The predicted octanol–water partition coefficient (Wildman–Crippen LogP) is 0.961. The first kappa shape index (κ1) is 12.6. The Morgan fingerprint density at radius 3 is 2.78 bits per heavy atom. The second-order valence-corrected chi connectivity index (χ2v) is 4.36. The lowest BCUT2D eigenvalue weighted by molar-refractivity contribution is 0.0993. The molecule has 1 heterocycles. The van der Waals surface area contributed by atoms with Gasteiger partial charge in [-0.15, -0.1) is 0 Å². The number of hydrogen-bond donors (Lipinski definition) is 1. The molecule has 0 spiro atoms. The molecule has 5 nitrogen and oxygen atoms in total. The van der Waals surface area contributed by atoms with Gasteiger partial charge in [0.2, 0.25) is 0 Å². The molecule has 18 heavy (non-hydrogen) atoms. The van der Waals surface area contributed by atoms with Crippen LogP contribution in [0.5, 0.6) is 0 Å². The van der Waals surface area contributed by atoms with E-state index in [2.05, 4.69) is 5.32 Å². The van der Waals surface area contributed by atoms with E-state index < -0.39 is 0 Å². The smallest absolute Gasteiger partial charge is 0.324 e. The summed E-state index contributed by atoms with van der Waals surface area (Å²) in [6, 6.07) is 7.19. The van der Waals surface area contributed by atoms with Crippen LogP contribution in [0, 0.1) is 0 Å². The van der Waals surface area contributed by atoms with Gasteiger partial charge < -0.3 is 10.2 Å². The molecule has 1 aliphatic heterocycles. The lowest BCUT2D eigenvalue weighted by atomic mass is 10.1. The van der Waals surface area contributed by atoms with Gasteiger partial charge in [0.15, 0.2) is 5.78 Å². The number of nitrogens with one attached hydrogen (secondary N) is 1. The van der Waals surface area contributed by atoms with Crippen LogP contribution in [0.2, 0.25) is 0 Å². The minimum absolute atomic E-state index is 0.0202. The highest BCUT2D eigenvalue weighted by molar-refractivity contribution is 6.00. The fourth-order valence-corrected chi connectivity index (χ4v) is 2.00. The van der Waals surface area contributed by atoms with Crippen LogP contribution in [0.4, 0.5) is 10.5 Å². The molecule has 0 unspecified atom stereocenters. The average molecular weight is 247 g/mol. The molecule has 0 atom stereocenters. The lowest BCUT2D eigenvalue weighted by Gasteiger charge is -2.16.